The lowest BCUT2D eigenvalue weighted by Crippen LogP contribution is -2.38. The van der Waals surface area contributed by atoms with Crippen molar-refractivity contribution in [2.24, 2.45) is 4.99 Å². The Labute approximate surface area is 208 Å². The molecule has 9 heteroatoms. The highest BCUT2D eigenvalue weighted by Crippen LogP contribution is 2.13. The summed E-state index contributed by atoms with van der Waals surface area (Å²) in [4.78, 5) is 20.3. The second-order valence-corrected chi connectivity index (χ2v) is 8.37. The van der Waals surface area contributed by atoms with Gasteiger partial charge in [0.05, 0.1) is 0 Å². The van der Waals surface area contributed by atoms with Gasteiger partial charge in [0.1, 0.15) is 11.4 Å². The summed E-state index contributed by atoms with van der Waals surface area (Å²) in [6.45, 7) is 10.2. The van der Waals surface area contributed by atoms with Crippen molar-refractivity contribution < 1.29 is 9.53 Å². The molecule has 0 saturated carbocycles. The molecule has 2 rings (SSSR count). The molecule has 0 aliphatic carbocycles. The molecule has 0 saturated heterocycles. The van der Waals surface area contributed by atoms with Crippen LogP contribution >= 0.6 is 24.0 Å². The number of aryl methyl sites for hydroxylation is 2. The van der Waals surface area contributed by atoms with E-state index in [9.17, 15) is 4.79 Å². The molecule has 0 unspecified atom stereocenters. The molecule has 0 radical (unpaired) electrons. The molecule has 1 aromatic carbocycles. The second-order valence-electron chi connectivity index (χ2n) is 8.37. The number of anilines is 1. The highest BCUT2D eigenvalue weighted by atomic mass is 127. The summed E-state index contributed by atoms with van der Waals surface area (Å²) >= 11 is 0. The lowest BCUT2D eigenvalue weighted by molar-refractivity contribution is 0.0636. The van der Waals surface area contributed by atoms with Crippen LogP contribution in [0.2, 0.25) is 0 Å². The fourth-order valence-electron chi connectivity index (χ4n) is 2.98. The SMILES string of the molecule is CN=C(NCCCCn1ccnc1C)NCCc1ccc(NC(=O)OC(C)(C)C)cc1.I. The lowest BCUT2D eigenvalue weighted by atomic mass is 10.1. The van der Waals surface area contributed by atoms with E-state index in [0.717, 1.165) is 50.7 Å². The van der Waals surface area contributed by atoms with E-state index in [1.165, 1.54) is 5.56 Å². The average molecular weight is 556 g/mol. The molecular formula is C23H37IN6O2. The van der Waals surface area contributed by atoms with Crippen LogP contribution in [-0.2, 0) is 17.7 Å². The highest BCUT2D eigenvalue weighted by molar-refractivity contribution is 14.0. The number of ether oxygens (including phenoxy) is 1. The minimum atomic E-state index is -0.513. The van der Waals surface area contributed by atoms with Gasteiger partial charge in [0.2, 0.25) is 0 Å². The number of carbonyl (C=O) groups excluding carboxylic acids is 1. The van der Waals surface area contributed by atoms with Gasteiger partial charge in [-0.3, -0.25) is 10.3 Å². The Balaban J connectivity index is 0.00000512. The van der Waals surface area contributed by atoms with Crippen LogP contribution < -0.4 is 16.0 Å². The van der Waals surface area contributed by atoms with E-state index in [-0.39, 0.29) is 24.0 Å². The molecule has 0 fully saturated rings. The van der Waals surface area contributed by atoms with Crippen molar-refractivity contribution in [3.8, 4) is 0 Å². The van der Waals surface area contributed by atoms with Crippen molar-refractivity contribution in [1.29, 1.82) is 0 Å². The molecule has 2 aromatic rings. The summed E-state index contributed by atoms with van der Waals surface area (Å²) in [6, 6.07) is 7.77. The number of hydrogen-bond acceptors (Lipinski definition) is 4. The highest BCUT2D eigenvalue weighted by Gasteiger charge is 2.16. The first-order valence-corrected chi connectivity index (χ1v) is 10.8. The first-order chi connectivity index (χ1) is 14.8. The number of carbonyl (C=O) groups is 1. The van der Waals surface area contributed by atoms with Gasteiger partial charge in [0, 0.05) is 44.8 Å². The second kappa shape index (κ2) is 14.0. The minimum Gasteiger partial charge on any atom is -0.444 e. The molecule has 1 amide bonds. The van der Waals surface area contributed by atoms with Crippen LogP contribution in [0.4, 0.5) is 10.5 Å². The standard InChI is InChI=1S/C23H36N6O2.HI/c1-18-25-15-17-29(18)16-7-6-13-26-21(24-5)27-14-12-19-8-10-20(11-9-19)28-22(30)31-23(2,3)4;/h8-11,15,17H,6-7,12-14,16H2,1-5H3,(H,28,30)(H2,24,26,27);1H. The zero-order valence-corrected chi connectivity index (χ0v) is 22.1. The van der Waals surface area contributed by atoms with Crippen LogP contribution in [0.5, 0.6) is 0 Å². The summed E-state index contributed by atoms with van der Waals surface area (Å²) in [6.07, 6.45) is 6.41. The Morgan fingerprint density at radius 3 is 2.41 bits per heavy atom. The van der Waals surface area contributed by atoms with Crippen LogP contribution in [0.25, 0.3) is 0 Å². The molecular weight excluding hydrogens is 519 g/mol. The predicted octanol–water partition coefficient (Wildman–Crippen LogP) is 4.34. The van der Waals surface area contributed by atoms with E-state index in [1.807, 2.05) is 64.4 Å². The summed E-state index contributed by atoms with van der Waals surface area (Å²) in [5.74, 6) is 1.86. The van der Waals surface area contributed by atoms with E-state index in [0.29, 0.717) is 5.69 Å². The first kappa shape index (κ1) is 27.7. The number of imidazole rings is 1. The largest absolute Gasteiger partial charge is 0.444 e. The van der Waals surface area contributed by atoms with Crippen molar-refractivity contribution in [2.45, 2.75) is 59.1 Å². The van der Waals surface area contributed by atoms with E-state index < -0.39 is 11.7 Å². The quantitative estimate of drug-likeness (QED) is 0.185. The Kier molecular flexibility index (Phi) is 12.1. The monoisotopic (exact) mass is 556 g/mol. The molecule has 0 spiro atoms. The summed E-state index contributed by atoms with van der Waals surface area (Å²) in [7, 11) is 1.78. The topological polar surface area (TPSA) is 92.6 Å². The molecule has 32 heavy (non-hydrogen) atoms. The van der Waals surface area contributed by atoms with Gasteiger partial charge in [0.25, 0.3) is 0 Å². The Bertz CT molecular complexity index is 843. The van der Waals surface area contributed by atoms with Crippen molar-refractivity contribution in [1.82, 2.24) is 20.2 Å². The Hall–Kier alpha value is -2.30. The number of rotatable bonds is 9. The number of hydrogen-bond donors (Lipinski definition) is 3. The van der Waals surface area contributed by atoms with Crippen molar-refractivity contribution in [3.63, 3.8) is 0 Å². The van der Waals surface area contributed by atoms with Gasteiger partial charge >= 0.3 is 6.09 Å². The van der Waals surface area contributed by atoms with Gasteiger partial charge in [0.15, 0.2) is 5.96 Å². The average Bonchev–Trinajstić information content (AvgIpc) is 3.11. The van der Waals surface area contributed by atoms with E-state index in [2.05, 4.69) is 30.5 Å². The normalized spacial score (nSPS) is 11.5. The molecule has 0 bridgehead atoms. The fraction of sp³-hybridized carbons (Fsp3) is 0.522. The predicted molar refractivity (Wildman–Crippen MR) is 141 cm³/mol. The number of aliphatic imine (C=N–C) groups is 1. The molecule has 0 aliphatic rings. The number of nitrogens with zero attached hydrogens (tertiary/aromatic N) is 3. The molecule has 0 aliphatic heterocycles. The van der Waals surface area contributed by atoms with Crippen LogP contribution in [0.3, 0.4) is 0 Å². The van der Waals surface area contributed by atoms with E-state index in [1.54, 1.807) is 7.05 Å². The Morgan fingerprint density at radius 2 is 1.81 bits per heavy atom. The van der Waals surface area contributed by atoms with Crippen LogP contribution in [0.15, 0.2) is 41.7 Å². The van der Waals surface area contributed by atoms with Gasteiger partial charge in [-0.05, 0) is 64.7 Å². The molecule has 3 N–H and O–H groups in total. The molecule has 0 atom stereocenters. The fourth-order valence-corrected chi connectivity index (χ4v) is 2.98. The molecule has 178 valence electrons. The number of benzene rings is 1. The maximum atomic E-state index is 11.8. The summed E-state index contributed by atoms with van der Waals surface area (Å²) in [5, 5.41) is 9.43. The molecule has 1 aromatic heterocycles. The third-order valence-corrected chi connectivity index (χ3v) is 4.57. The summed E-state index contributed by atoms with van der Waals surface area (Å²) < 4.78 is 7.43. The number of amides is 1. The number of halogens is 1. The van der Waals surface area contributed by atoms with Gasteiger partial charge in [-0.2, -0.15) is 0 Å². The first-order valence-electron chi connectivity index (χ1n) is 10.8. The van der Waals surface area contributed by atoms with Gasteiger partial charge < -0.3 is 19.9 Å². The van der Waals surface area contributed by atoms with Crippen LogP contribution in [0.1, 0.15) is 45.0 Å². The molecule has 8 nitrogen and oxygen atoms in total. The van der Waals surface area contributed by atoms with Crippen molar-refractivity contribution in [2.75, 3.05) is 25.5 Å². The number of unbranched alkanes of at least 4 members (excludes halogenated alkanes) is 1. The number of guanidine groups is 1. The third kappa shape index (κ3) is 10.8. The van der Waals surface area contributed by atoms with E-state index in [4.69, 9.17) is 4.74 Å². The Morgan fingerprint density at radius 1 is 1.12 bits per heavy atom. The van der Waals surface area contributed by atoms with Gasteiger partial charge in [-0.25, -0.2) is 9.78 Å². The maximum absolute atomic E-state index is 11.8. The van der Waals surface area contributed by atoms with E-state index >= 15 is 0 Å². The number of aromatic nitrogens is 2. The zero-order chi connectivity index (χ0) is 22.7. The van der Waals surface area contributed by atoms with Crippen LogP contribution in [-0.4, -0.2) is 47.3 Å². The third-order valence-electron chi connectivity index (χ3n) is 4.57. The summed E-state index contributed by atoms with van der Waals surface area (Å²) in [5.41, 5.74) is 1.38. The lowest BCUT2D eigenvalue weighted by Gasteiger charge is -2.19. The van der Waals surface area contributed by atoms with Gasteiger partial charge in [-0.15, -0.1) is 24.0 Å². The maximum Gasteiger partial charge on any atom is 0.412 e. The van der Waals surface area contributed by atoms with Crippen molar-refractivity contribution in [3.05, 3.63) is 48.0 Å². The molecule has 1 heterocycles. The van der Waals surface area contributed by atoms with Crippen LogP contribution in [0, 0.1) is 6.92 Å². The number of nitrogens with one attached hydrogen (secondary N) is 3. The van der Waals surface area contributed by atoms with Gasteiger partial charge in [-0.1, -0.05) is 12.1 Å². The zero-order valence-electron chi connectivity index (χ0n) is 19.8. The van der Waals surface area contributed by atoms with Crippen molar-refractivity contribution >= 4 is 41.7 Å². The minimum absolute atomic E-state index is 0. The smallest absolute Gasteiger partial charge is 0.412 e.